The van der Waals surface area contributed by atoms with Crippen molar-refractivity contribution in [1.82, 2.24) is 10.2 Å². The predicted octanol–water partition coefficient (Wildman–Crippen LogP) is 2.64. The molecule has 0 aromatic carbocycles. The molecule has 0 spiro atoms. The van der Waals surface area contributed by atoms with E-state index in [4.69, 9.17) is 0 Å². The van der Waals surface area contributed by atoms with Crippen molar-refractivity contribution in [3.63, 3.8) is 0 Å². The number of rotatable bonds is 3. The Balaban J connectivity index is 1.75. The standard InChI is InChI=1S/C14H28N2/c1-3-12-6-4-7-13(10-12)15-14-8-5-9-16(2)11-14/h12-15H,3-11H2,1-2H3. The van der Waals surface area contributed by atoms with Gasteiger partial charge in [-0.05, 0) is 45.2 Å². The van der Waals surface area contributed by atoms with E-state index in [-0.39, 0.29) is 0 Å². The molecule has 0 amide bonds. The van der Waals surface area contributed by atoms with Crippen molar-refractivity contribution in [3.8, 4) is 0 Å². The molecule has 1 saturated heterocycles. The molecular formula is C14H28N2. The third kappa shape index (κ3) is 3.46. The maximum atomic E-state index is 3.91. The fourth-order valence-corrected chi connectivity index (χ4v) is 3.45. The summed E-state index contributed by atoms with van der Waals surface area (Å²) in [6.07, 6.45) is 9.89. The topological polar surface area (TPSA) is 15.3 Å². The lowest BCUT2D eigenvalue weighted by atomic mass is 9.83. The number of nitrogens with one attached hydrogen (secondary N) is 1. The van der Waals surface area contributed by atoms with E-state index in [1.165, 1.54) is 58.0 Å². The molecule has 0 bridgehead atoms. The Morgan fingerprint density at radius 1 is 1.12 bits per heavy atom. The van der Waals surface area contributed by atoms with Crippen molar-refractivity contribution in [2.45, 2.75) is 64.0 Å². The molecule has 3 unspecified atom stereocenters. The van der Waals surface area contributed by atoms with Gasteiger partial charge in [0.05, 0.1) is 0 Å². The van der Waals surface area contributed by atoms with Crippen molar-refractivity contribution in [3.05, 3.63) is 0 Å². The Morgan fingerprint density at radius 3 is 2.69 bits per heavy atom. The van der Waals surface area contributed by atoms with Crippen LogP contribution >= 0.6 is 0 Å². The van der Waals surface area contributed by atoms with Gasteiger partial charge in [-0.3, -0.25) is 0 Å². The van der Waals surface area contributed by atoms with E-state index < -0.39 is 0 Å². The first-order valence-corrected chi connectivity index (χ1v) is 7.22. The third-order valence-electron chi connectivity index (χ3n) is 4.46. The van der Waals surface area contributed by atoms with Crippen molar-refractivity contribution >= 4 is 0 Å². The quantitative estimate of drug-likeness (QED) is 0.793. The fourth-order valence-electron chi connectivity index (χ4n) is 3.45. The average molecular weight is 224 g/mol. The van der Waals surface area contributed by atoms with Crippen LogP contribution in [0.2, 0.25) is 0 Å². The lowest BCUT2D eigenvalue weighted by molar-refractivity contribution is 0.191. The van der Waals surface area contributed by atoms with Crippen LogP contribution in [0, 0.1) is 5.92 Å². The average Bonchev–Trinajstić information content (AvgIpc) is 2.29. The molecule has 1 aliphatic carbocycles. The van der Waals surface area contributed by atoms with Crippen LogP contribution in [0.3, 0.4) is 0 Å². The molecule has 2 rings (SSSR count). The molecule has 3 atom stereocenters. The van der Waals surface area contributed by atoms with Gasteiger partial charge in [0.2, 0.25) is 0 Å². The second kappa shape index (κ2) is 6.02. The number of hydrogen-bond donors (Lipinski definition) is 1. The summed E-state index contributed by atoms with van der Waals surface area (Å²) in [5.41, 5.74) is 0. The van der Waals surface area contributed by atoms with Gasteiger partial charge in [-0.1, -0.05) is 26.2 Å². The van der Waals surface area contributed by atoms with E-state index in [0.717, 1.165) is 18.0 Å². The van der Waals surface area contributed by atoms with Gasteiger partial charge in [0.25, 0.3) is 0 Å². The third-order valence-corrected chi connectivity index (χ3v) is 4.46. The van der Waals surface area contributed by atoms with Gasteiger partial charge in [0, 0.05) is 18.6 Å². The summed E-state index contributed by atoms with van der Waals surface area (Å²) in [4.78, 5) is 2.47. The lowest BCUT2D eigenvalue weighted by Crippen LogP contribution is -2.49. The molecule has 2 fully saturated rings. The minimum Gasteiger partial charge on any atom is -0.310 e. The number of piperidine rings is 1. The van der Waals surface area contributed by atoms with Gasteiger partial charge in [-0.15, -0.1) is 0 Å². The first kappa shape index (κ1) is 12.4. The summed E-state index contributed by atoms with van der Waals surface area (Å²) in [6.45, 7) is 4.90. The van der Waals surface area contributed by atoms with E-state index in [9.17, 15) is 0 Å². The van der Waals surface area contributed by atoms with Crippen molar-refractivity contribution in [2.75, 3.05) is 20.1 Å². The highest BCUT2D eigenvalue weighted by Gasteiger charge is 2.24. The molecule has 2 heteroatoms. The van der Waals surface area contributed by atoms with Crippen LogP contribution in [-0.2, 0) is 0 Å². The molecule has 94 valence electrons. The smallest absolute Gasteiger partial charge is 0.0197 e. The second-order valence-corrected chi connectivity index (χ2v) is 5.91. The van der Waals surface area contributed by atoms with Crippen LogP contribution in [0.15, 0.2) is 0 Å². The first-order valence-electron chi connectivity index (χ1n) is 7.22. The van der Waals surface area contributed by atoms with Crippen LogP contribution in [0.1, 0.15) is 51.9 Å². The molecule has 0 radical (unpaired) electrons. The Hall–Kier alpha value is -0.0800. The van der Waals surface area contributed by atoms with Crippen molar-refractivity contribution in [1.29, 1.82) is 0 Å². The number of nitrogens with zero attached hydrogens (tertiary/aromatic N) is 1. The van der Waals surface area contributed by atoms with Crippen LogP contribution in [-0.4, -0.2) is 37.1 Å². The zero-order valence-electron chi connectivity index (χ0n) is 11.0. The van der Waals surface area contributed by atoms with Crippen molar-refractivity contribution < 1.29 is 0 Å². The Morgan fingerprint density at radius 2 is 1.94 bits per heavy atom. The van der Waals surface area contributed by atoms with Gasteiger partial charge >= 0.3 is 0 Å². The van der Waals surface area contributed by atoms with Gasteiger partial charge in [0.1, 0.15) is 0 Å². The van der Waals surface area contributed by atoms with E-state index in [1.54, 1.807) is 0 Å². The summed E-state index contributed by atoms with van der Waals surface area (Å²) in [6, 6.07) is 1.58. The Kier molecular flexibility index (Phi) is 4.66. The van der Waals surface area contributed by atoms with Crippen molar-refractivity contribution in [2.24, 2.45) is 5.92 Å². The molecule has 0 aromatic rings. The summed E-state index contributed by atoms with van der Waals surface area (Å²) in [5, 5.41) is 3.91. The summed E-state index contributed by atoms with van der Waals surface area (Å²) in [7, 11) is 2.25. The maximum absolute atomic E-state index is 3.91. The molecule has 2 aliphatic rings. The zero-order chi connectivity index (χ0) is 11.4. The molecule has 0 aromatic heterocycles. The summed E-state index contributed by atoms with van der Waals surface area (Å²) in [5.74, 6) is 0.993. The molecule has 2 nitrogen and oxygen atoms in total. The van der Waals surface area contributed by atoms with Gasteiger partial charge < -0.3 is 10.2 Å². The Labute approximate surface area is 101 Å². The minimum absolute atomic E-state index is 0.763. The van der Waals surface area contributed by atoms with Gasteiger partial charge in [-0.2, -0.15) is 0 Å². The second-order valence-electron chi connectivity index (χ2n) is 5.91. The molecule has 1 N–H and O–H groups in total. The van der Waals surface area contributed by atoms with Gasteiger partial charge in [-0.25, -0.2) is 0 Å². The normalized spacial score (nSPS) is 37.5. The minimum atomic E-state index is 0.763. The highest BCUT2D eigenvalue weighted by molar-refractivity contribution is 4.84. The molecule has 16 heavy (non-hydrogen) atoms. The Bertz CT molecular complexity index is 205. The number of likely N-dealkylation sites (N-methyl/N-ethyl adjacent to an activating group) is 1. The number of hydrogen-bond acceptors (Lipinski definition) is 2. The van der Waals surface area contributed by atoms with Crippen LogP contribution in [0.25, 0.3) is 0 Å². The monoisotopic (exact) mass is 224 g/mol. The van der Waals surface area contributed by atoms with Crippen LogP contribution in [0.4, 0.5) is 0 Å². The SMILES string of the molecule is CCC1CCCC(NC2CCCN(C)C2)C1. The fraction of sp³-hybridized carbons (Fsp3) is 1.00. The number of likely N-dealkylation sites (tertiary alicyclic amines) is 1. The molecule has 1 saturated carbocycles. The van der Waals surface area contributed by atoms with Gasteiger partial charge in [0.15, 0.2) is 0 Å². The summed E-state index contributed by atoms with van der Waals surface area (Å²) >= 11 is 0. The molecule has 1 aliphatic heterocycles. The van der Waals surface area contributed by atoms with E-state index in [1.807, 2.05) is 0 Å². The van der Waals surface area contributed by atoms with E-state index >= 15 is 0 Å². The largest absolute Gasteiger partial charge is 0.310 e. The maximum Gasteiger partial charge on any atom is 0.0197 e. The highest BCUT2D eigenvalue weighted by atomic mass is 15.1. The van der Waals surface area contributed by atoms with Crippen LogP contribution < -0.4 is 5.32 Å². The van der Waals surface area contributed by atoms with E-state index in [2.05, 4.69) is 24.2 Å². The van der Waals surface area contributed by atoms with E-state index in [0.29, 0.717) is 0 Å². The first-order chi connectivity index (χ1) is 7.78. The molecule has 1 heterocycles. The highest BCUT2D eigenvalue weighted by Crippen LogP contribution is 2.27. The lowest BCUT2D eigenvalue weighted by Gasteiger charge is -2.36. The van der Waals surface area contributed by atoms with Crippen LogP contribution in [0.5, 0.6) is 0 Å². The zero-order valence-corrected chi connectivity index (χ0v) is 11.0. The molecular weight excluding hydrogens is 196 g/mol. The summed E-state index contributed by atoms with van der Waals surface area (Å²) < 4.78 is 0. The predicted molar refractivity (Wildman–Crippen MR) is 69.7 cm³/mol.